The summed E-state index contributed by atoms with van der Waals surface area (Å²) in [4.78, 5) is 11.9. The molecule has 0 radical (unpaired) electrons. The van der Waals surface area contributed by atoms with Crippen molar-refractivity contribution in [3.63, 3.8) is 0 Å². The maximum Gasteiger partial charge on any atom is 0.163 e. The van der Waals surface area contributed by atoms with Gasteiger partial charge in [0.1, 0.15) is 5.82 Å². The van der Waals surface area contributed by atoms with Crippen molar-refractivity contribution in [2.45, 2.75) is 33.6 Å². The van der Waals surface area contributed by atoms with Gasteiger partial charge >= 0.3 is 0 Å². The lowest BCUT2D eigenvalue weighted by Gasteiger charge is -2.17. The summed E-state index contributed by atoms with van der Waals surface area (Å²) in [5.41, 5.74) is 0.785. The summed E-state index contributed by atoms with van der Waals surface area (Å²) in [5.74, 6) is -0.198. The molecule has 0 bridgehead atoms. The number of carbonyl (C=O) groups is 1. The van der Waals surface area contributed by atoms with Crippen LogP contribution in [0.15, 0.2) is 18.2 Å². The number of halogens is 2. The number of ketones is 1. The summed E-state index contributed by atoms with van der Waals surface area (Å²) in [6.45, 7) is 6.32. The maximum absolute atomic E-state index is 12.9. The van der Waals surface area contributed by atoms with E-state index in [-0.39, 0.29) is 17.0 Å². The number of Topliss-reactive ketones (excluding diaryl/α,β-unsaturated/α-hetero) is 1. The average Bonchev–Trinajstić information content (AvgIpc) is 2.13. The van der Waals surface area contributed by atoms with E-state index in [1.165, 1.54) is 12.1 Å². The monoisotopic (exact) mass is 334 g/mol. The maximum atomic E-state index is 12.9. The summed E-state index contributed by atoms with van der Waals surface area (Å²) < 4.78 is 13.6. The summed E-state index contributed by atoms with van der Waals surface area (Å²) >= 11 is 2.00. The number of benzene rings is 1. The van der Waals surface area contributed by atoms with E-state index in [4.69, 9.17) is 0 Å². The average molecular weight is 334 g/mol. The van der Waals surface area contributed by atoms with Crippen LogP contribution in [-0.2, 0) is 0 Å². The first-order chi connectivity index (χ1) is 7.29. The van der Waals surface area contributed by atoms with Crippen LogP contribution in [0.25, 0.3) is 0 Å². The molecule has 0 N–H and O–H groups in total. The zero-order valence-corrected chi connectivity index (χ0v) is 12.0. The molecule has 0 amide bonds. The van der Waals surface area contributed by atoms with Crippen molar-refractivity contribution in [1.82, 2.24) is 0 Å². The Bertz CT molecular complexity index is 393. The molecule has 0 heterocycles. The van der Waals surface area contributed by atoms with Gasteiger partial charge in [0.05, 0.1) is 0 Å². The highest BCUT2D eigenvalue weighted by Crippen LogP contribution is 2.23. The number of hydrogen-bond acceptors (Lipinski definition) is 1. The van der Waals surface area contributed by atoms with E-state index in [1.807, 2.05) is 22.6 Å². The summed E-state index contributed by atoms with van der Waals surface area (Å²) in [6.07, 6.45) is 1.37. The fourth-order valence-electron chi connectivity index (χ4n) is 1.34. The van der Waals surface area contributed by atoms with Crippen LogP contribution >= 0.6 is 22.6 Å². The lowest BCUT2D eigenvalue weighted by molar-refractivity contribution is 0.0965. The zero-order chi connectivity index (χ0) is 12.3. The van der Waals surface area contributed by atoms with Crippen LogP contribution in [-0.4, -0.2) is 5.78 Å². The largest absolute Gasteiger partial charge is 0.294 e. The van der Waals surface area contributed by atoms with Crippen molar-refractivity contribution in [3.8, 4) is 0 Å². The van der Waals surface area contributed by atoms with Gasteiger partial charge in [0.15, 0.2) is 5.78 Å². The highest BCUT2D eigenvalue weighted by Gasteiger charge is 2.15. The topological polar surface area (TPSA) is 17.1 Å². The smallest absolute Gasteiger partial charge is 0.163 e. The van der Waals surface area contributed by atoms with E-state index in [9.17, 15) is 9.18 Å². The van der Waals surface area contributed by atoms with E-state index < -0.39 is 0 Å². The van der Waals surface area contributed by atoms with Gasteiger partial charge in [-0.2, -0.15) is 0 Å². The molecule has 0 aliphatic carbocycles. The molecule has 1 nitrogen and oxygen atoms in total. The Kier molecular flexibility index (Phi) is 4.47. The molecule has 0 atom stereocenters. The SMILES string of the molecule is CC(C)(C)CCC(=O)c1ccc(F)cc1I. The normalized spacial score (nSPS) is 11.6. The van der Waals surface area contributed by atoms with Gasteiger partial charge in [-0.05, 0) is 52.6 Å². The van der Waals surface area contributed by atoms with Crippen LogP contribution in [0.2, 0.25) is 0 Å². The Hall–Kier alpha value is -0.450. The van der Waals surface area contributed by atoms with Gasteiger partial charge < -0.3 is 0 Å². The molecule has 16 heavy (non-hydrogen) atoms. The molecule has 0 aliphatic rings. The van der Waals surface area contributed by atoms with E-state index in [0.29, 0.717) is 15.6 Å². The molecule has 0 saturated heterocycles. The van der Waals surface area contributed by atoms with E-state index in [2.05, 4.69) is 20.8 Å². The number of hydrogen-bond donors (Lipinski definition) is 0. The molecule has 0 fully saturated rings. The highest BCUT2D eigenvalue weighted by atomic mass is 127. The summed E-state index contributed by atoms with van der Waals surface area (Å²) in [7, 11) is 0. The molecule has 1 rings (SSSR count). The Morgan fingerprint density at radius 3 is 2.50 bits per heavy atom. The molecule has 0 aromatic heterocycles. The van der Waals surface area contributed by atoms with E-state index in [1.54, 1.807) is 6.07 Å². The lowest BCUT2D eigenvalue weighted by Crippen LogP contribution is -2.10. The highest BCUT2D eigenvalue weighted by molar-refractivity contribution is 14.1. The molecular formula is C13H16FIO. The van der Waals surface area contributed by atoms with Crippen molar-refractivity contribution in [3.05, 3.63) is 33.1 Å². The van der Waals surface area contributed by atoms with Crippen LogP contribution < -0.4 is 0 Å². The molecule has 1 aromatic carbocycles. The first-order valence-corrected chi connectivity index (χ1v) is 6.36. The van der Waals surface area contributed by atoms with Crippen LogP contribution in [0.5, 0.6) is 0 Å². The van der Waals surface area contributed by atoms with Crippen LogP contribution in [0.1, 0.15) is 44.0 Å². The van der Waals surface area contributed by atoms with E-state index >= 15 is 0 Å². The lowest BCUT2D eigenvalue weighted by atomic mass is 9.88. The molecule has 0 saturated carbocycles. The van der Waals surface area contributed by atoms with Crippen molar-refractivity contribution in [2.75, 3.05) is 0 Å². The second kappa shape index (κ2) is 5.25. The minimum atomic E-state index is -0.295. The van der Waals surface area contributed by atoms with Crippen molar-refractivity contribution in [2.24, 2.45) is 5.41 Å². The molecule has 1 aromatic rings. The molecule has 0 unspecified atom stereocenters. The standard InChI is InChI=1S/C13H16FIO/c1-13(2,3)7-6-12(16)10-5-4-9(14)8-11(10)15/h4-5,8H,6-7H2,1-3H3. The van der Waals surface area contributed by atoms with Gasteiger partial charge in [0.2, 0.25) is 0 Å². The second-order valence-corrected chi connectivity index (χ2v) is 6.27. The van der Waals surface area contributed by atoms with Gasteiger partial charge in [-0.25, -0.2) is 4.39 Å². The quantitative estimate of drug-likeness (QED) is 0.590. The number of carbonyl (C=O) groups excluding carboxylic acids is 1. The van der Waals surface area contributed by atoms with Gasteiger partial charge in [-0.15, -0.1) is 0 Å². The van der Waals surface area contributed by atoms with Gasteiger partial charge in [-0.3, -0.25) is 4.79 Å². The molecule has 3 heteroatoms. The third-order valence-corrected chi connectivity index (χ3v) is 3.23. The fourth-order valence-corrected chi connectivity index (χ4v) is 2.12. The molecule has 0 spiro atoms. The predicted molar refractivity (Wildman–Crippen MR) is 72.1 cm³/mol. The minimum Gasteiger partial charge on any atom is -0.294 e. The molecular weight excluding hydrogens is 318 g/mol. The Balaban J connectivity index is 2.74. The van der Waals surface area contributed by atoms with Crippen LogP contribution in [0.3, 0.4) is 0 Å². The Morgan fingerprint density at radius 1 is 1.38 bits per heavy atom. The molecule has 88 valence electrons. The van der Waals surface area contributed by atoms with Crippen LogP contribution in [0, 0.1) is 14.8 Å². The van der Waals surface area contributed by atoms with Crippen LogP contribution in [0.4, 0.5) is 4.39 Å². The summed E-state index contributed by atoms with van der Waals surface area (Å²) in [6, 6.07) is 4.31. The van der Waals surface area contributed by atoms with Crippen molar-refractivity contribution < 1.29 is 9.18 Å². The third kappa shape index (κ3) is 4.20. The first-order valence-electron chi connectivity index (χ1n) is 5.28. The van der Waals surface area contributed by atoms with Gasteiger partial charge in [0.25, 0.3) is 0 Å². The molecule has 0 aliphatic heterocycles. The van der Waals surface area contributed by atoms with Crippen molar-refractivity contribution >= 4 is 28.4 Å². The zero-order valence-electron chi connectivity index (χ0n) is 9.81. The predicted octanol–water partition coefficient (Wildman–Crippen LogP) is 4.44. The summed E-state index contributed by atoms with van der Waals surface area (Å²) in [5, 5.41) is 0. The Morgan fingerprint density at radius 2 is 2.00 bits per heavy atom. The van der Waals surface area contributed by atoms with Gasteiger partial charge in [-0.1, -0.05) is 20.8 Å². The Labute approximate surface area is 110 Å². The second-order valence-electron chi connectivity index (χ2n) is 5.11. The fraction of sp³-hybridized carbons (Fsp3) is 0.462. The van der Waals surface area contributed by atoms with E-state index in [0.717, 1.165) is 6.42 Å². The third-order valence-electron chi connectivity index (χ3n) is 2.33. The number of rotatable bonds is 3. The first kappa shape index (κ1) is 13.6. The minimum absolute atomic E-state index is 0.0966. The van der Waals surface area contributed by atoms with Crippen molar-refractivity contribution in [1.29, 1.82) is 0 Å². The van der Waals surface area contributed by atoms with Gasteiger partial charge in [0, 0.05) is 15.6 Å².